The van der Waals surface area contributed by atoms with E-state index in [0.717, 1.165) is 0 Å². The lowest BCUT2D eigenvalue weighted by atomic mass is 10.2. The second-order valence-electron chi connectivity index (χ2n) is 5.74. The summed E-state index contributed by atoms with van der Waals surface area (Å²) in [5.41, 5.74) is 1.28. The Morgan fingerprint density at radius 2 is 1.81 bits per heavy atom. The number of hydrogen-bond donors (Lipinski definition) is 2. The van der Waals surface area contributed by atoms with E-state index in [1.165, 1.54) is 31.2 Å². The second-order valence-corrected chi connectivity index (χ2v) is 5.74. The molecule has 0 spiro atoms. The standard InChI is InChI=1S/C20H19FN2O4/c1-13-8-9-16(11-17(13)21)23-19(25)12-27-20(26)18(22-14(2)24)10-15-6-4-3-5-7-15/h3-11H,12H2,1-2H3,(H,22,24)(H,23,25). The Bertz CT molecular complexity index is 879. The molecule has 7 heteroatoms. The fourth-order valence-corrected chi connectivity index (χ4v) is 2.13. The highest BCUT2D eigenvalue weighted by Crippen LogP contribution is 2.13. The average Bonchev–Trinajstić information content (AvgIpc) is 2.63. The third-order valence-corrected chi connectivity index (χ3v) is 3.43. The summed E-state index contributed by atoms with van der Waals surface area (Å²) in [4.78, 5) is 35.4. The van der Waals surface area contributed by atoms with Gasteiger partial charge in [0.1, 0.15) is 11.5 Å². The van der Waals surface area contributed by atoms with Crippen LogP contribution in [0.4, 0.5) is 10.1 Å². The molecule has 2 aromatic carbocycles. The maximum absolute atomic E-state index is 13.5. The van der Waals surface area contributed by atoms with Crippen LogP contribution in [0.25, 0.3) is 6.08 Å². The van der Waals surface area contributed by atoms with Crippen LogP contribution in [0.2, 0.25) is 0 Å². The van der Waals surface area contributed by atoms with Crippen LogP contribution in [-0.4, -0.2) is 24.4 Å². The summed E-state index contributed by atoms with van der Waals surface area (Å²) < 4.78 is 18.4. The summed E-state index contributed by atoms with van der Waals surface area (Å²) in [5, 5.41) is 4.81. The number of nitrogens with one attached hydrogen (secondary N) is 2. The summed E-state index contributed by atoms with van der Waals surface area (Å²) in [5.74, 6) is -2.40. The maximum atomic E-state index is 13.5. The molecule has 2 aromatic rings. The molecule has 0 fully saturated rings. The van der Waals surface area contributed by atoms with Gasteiger partial charge in [-0.1, -0.05) is 36.4 Å². The SMILES string of the molecule is CC(=O)NC(=Cc1ccccc1)C(=O)OCC(=O)Nc1ccc(C)c(F)c1. The molecule has 2 rings (SSSR count). The molecule has 140 valence electrons. The molecule has 0 unspecified atom stereocenters. The van der Waals surface area contributed by atoms with E-state index in [2.05, 4.69) is 10.6 Å². The van der Waals surface area contributed by atoms with Crippen molar-refractivity contribution in [2.45, 2.75) is 13.8 Å². The average molecular weight is 370 g/mol. The highest BCUT2D eigenvalue weighted by Gasteiger charge is 2.15. The van der Waals surface area contributed by atoms with Gasteiger partial charge >= 0.3 is 5.97 Å². The van der Waals surface area contributed by atoms with E-state index >= 15 is 0 Å². The molecule has 0 radical (unpaired) electrons. The number of rotatable bonds is 6. The number of halogens is 1. The van der Waals surface area contributed by atoms with E-state index in [4.69, 9.17) is 4.74 Å². The molecular formula is C20H19FN2O4. The van der Waals surface area contributed by atoms with Gasteiger partial charge in [0.25, 0.3) is 5.91 Å². The lowest BCUT2D eigenvalue weighted by Gasteiger charge is -2.10. The normalized spacial score (nSPS) is 10.9. The number of carbonyl (C=O) groups is 3. The van der Waals surface area contributed by atoms with Crippen molar-refractivity contribution in [3.05, 3.63) is 71.2 Å². The van der Waals surface area contributed by atoms with Crippen LogP contribution >= 0.6 is 0 Å². The molecule has 0 saturated heterocycles. The minimum absolute atomic E-state index is 0.0946. The molecule has 2 amide bonds. The first kappa shape index (κ1) is 19.8. The Balaban J connectivity index is 2.00. The summed E-state index contributed by atoms with van der Waals surface area (Å²) in [6.07, 6.45) is 1.44. The van der Waals surface area contributed by atoms with Crippen LogP contribution in [-0.2, 0) is 19.1 Å². The predicted molar refractivity (Wildman–Crippen MR) is 99.0 cm³/mol. The van der Waals surface area contributed by atoms with E-state index in [-0.39, 0.29) is 11.4 Å². The largest absolute Gasteiger partial charge is 0.451 e. The zero-order valence-electron chi connectivity index (χ0n) is 14.9. The monoisotopic (exact) mass is 370 g/mol. The molecule has 0 bridgehead atoms. The van der Waals surface area contributed by atoms with Crippen LogP contribution in [0.15, 0.2) is 54.2 Å². The lowest BCUT2D eigenvalue weighted by molar-refractivity contribution is -0.144. The highest BCUT2D eigenvalue weighted by atomic mass is 19.1. The molecule has 0 heterocycles. The summed E-state index contributed by atoms with van der Waals surface area (Å²) in [6.45, 7) is 2.27. The van der Waals surface area contributed by atoms with Crippen LogP contribution in [0, 0.1) is 12.7 Å². The van der Waals surface area contributed by atoms with Gasteiger partial charge in [-0.05, 0) is 36.3 Å². The van der Waals surface area contributed by atoms with Crippen molar-refractivity contribution >= 4 is 29.5 Å². The number of aryl methyl sites for hydroxylation is 1. The minimum atomic E-state index is -0.862. The molecule has 6 nitrogen and oxygen atoms in total. The van der Waals surface area contributed by atoms with Gasteiger partial charge in [0.2, 0.25) is 5.91 Å². The third-order valence-electron chi connectivity index (χ3n) is 3.43. The fraction of sp³-hybridized carbons (Fsp3) is 0.150. The minimum Gasteiger partial charge on any atom is -0.451 e. The van der Waals surface area contributed by atoms with Gasteiger partial charge < -0.3 is 15.4 Å². The number of ether oxygens (including phenoxy) is 1. The van der Waals surface area contributed by atoms with Crippen LogP contribution in [0.3, 0.4) is 0 Å². The maximum Gasteiger partial charge on any atom is 0.355 e. The Morgan fingerprint density at radius 1 is 1.11 bits per heavy atom. The van der Waals surface area contributed by atoms with Gasteiger partial charge in [0.05, 0.1) is 0 Å². The molecule has 0 aliphatic heterocycles. The zero-order chi connectivity index (χ0) is 19.8. The van der Waals surface area contributed by atoms with E-state index in [1.54, 1.807) is 31.2 Å². The Labute approximate surface area is 156 Å². The Hall–Kier alpha value is -3.48. The van der Waals surface area contributed by atoms with Crippen molar-refractivity contribution in [1.82, 2.24) is 5.32 Å². The molecular weight excluding hydrogens is 351 g/mol. The number of amides is 2. The van der Waals surface area contributed by atoms with Crippen LogP contribution < -0.4 is 10.6 Å². The first-order valence-corrected chi connectivity index (χ1v) is 8.12. The van der Waals surface area contributed by atoms with E-state index < -0.39 is 30.2 Å². The van der Waals surface area contributed by atoms with Crippen LogP contribution in [0.1, 0.15) is 18.1 Å². The fourth-order valence-electron chi connectivity index (χ4n) is 2.13. The van der Waals surface area contributed by atoms with Crippen LogP contribution in [0.5, 0.6) is 0 Å². The highest BCUT2D eigenvalue weighted by molar-refractivity contribution is 5.99. The number of benzene rings is 2. The van der Waals surface area contributed by atoms with Gasteiger partial charge in [0, 0.05) is 12.6 Å². The van der Waals surface area contributed by atoms with E-state index in [0.29, 0.717) is 11.1 Å². The van der Waals surface area contributed by atoms with Crippen molar-refractivity contribution in [2.75, 3.05) is 11.9 Å². The predicted octanol–water partition coefficient (Wildman–Crippen LogP) is 2.79. The first-order chi connectivity index (χ1) is 12.8. The Kier molecular flexibility index (Phi) is 6.82. The summed E-state index contributed by atoms with van der Waals surface area (Å²) in [7, 11) is 0. The molecule has 0 saturated carbocycles. The van der Waals surface area contributed by atoms with Crippen molar-refractivity contribution in [3.63, 3.8) is 0 Å². The first-order valence-electron chi connectivity index (χ1n) is 8.12. The summed E-state index contributed by atoms with van der Waals surface area (Å²) >= 11 is 0. The van der Waals surface area contributed by atoms with Crippen molar-refractivity contribution in [2.24, 2.45) is 0 Å². The number of hydrogen-bond acceptors (Lipinski definition) is 4. The van der Waals surface area contributed by atoms with Gasteiger partial charge in [0.15, 0.2) is 6.61 Å². The Morgan fingerprint density at radius 3 is 2.44 bits per heavy atom. The molecule has 0 aromatic heterocycles. The lowest BCUT2D eigenvalue weighted by Crippen LogP contribution is -2.28. The van der Waals surface area contributed by atoms with Gasteiger partial charge in [-0.25, -0.2) is 9.18 Å². The van der Waals surface area contributed by atoms with Gasteiger partial charge in [-0.15, -0.1) is 0 Å². The molecule has 2 N–H and O–H groups in total. The number of anilines is 1. The zero-order valence-corrected chi connectivity index (χ0v) is 14.9. The molecule has 27 heavy (non-hydrogen) atoms. The molecule has 0 aliphatic carbocycles. The van der Waals surface area contributed by atoms with Gasteiger partial charge in [-0.3, -0.25) is 9.59 Å². The van der Waals surface area contributed by atoms with Gasteiger partial charge in [-0.2, -0.15) is 0 Å². The van der Waals surface area contributed by atoms with Crippen molar-refractivity contribution in [3.8, 4) is 0 Å². The quantitative estimate of drug-likeness (QED) is 0.605. The third kappa shape index (κ3) is 6.39. The smallest absolute Gasteiger partial charge is 0.355 e. The van der Waals surface area contributed by atoms with E-state index in [1.807, 2.05) is 6.07 Å². The number of carbonyl (C=O) groups excluding carboxylic acids is 3. The second kappa shape index (κ2) is 9.28. The topological polar surface area (TPSA) is 84.5 Å². The number of esters is 1. The van der Waals surface area contributed by atoms with Crippen molar-refractivity contribution in [1.29, 1.82) is 0 Å². The van der Waals surface area contributed by atoms with Crippen molar-refractivity contribution < 1.29 is 23.5 Å². The summed E-state index contributed by atoms with van der Waals surface area (Å²) in [6, 6.07) is 13.1. The van der Waals surface area contributed by atoms with E-state index in [9.17, 15) is 18.8 Å². The molecule has 0 aliphatic rings. The molecule has 0 atom stereocenters.